The lowest BCUT2D eigenvalue weighted by atomic mass is 9.88. The van der Waals surface area contributed by atoms with Gasteiger partial charge in [0.25, 0.3) is 0 Å². The summed E-state index contributed by atoms with van der Waals surface area (Å²) < 4.78 is 0. The van der Waals surface area contributed by atoms with Crippen molar-refractivity contribution in [3.8, 4) is 0 Å². The van der Waals surface area contributed by atoms with Gasteiger partial charge in [-0.25, -0.2) is 0 Å². The first-order chi connectivity index (χ1) is 7.40. The Balaban J connectivity index is 3.59. The maximum atomic E-state index is 8.61. The first kappa shape index (κ1) is 15.2. The van der Waals surface area contributed by atoms with Crippen molar-refractivity contribution in [2.45, 2.75) is 26.7 Å². The second-order valence-corrected chi connectivity index (χ2v) is 5.03. The van der Waals surface area contributed by atoms with Crippen molar-refractivity contribution < 1.29 is 5.21 Å². The summed E-state index contributed by atoms with van der Waals surface area (Å²) in [4.78, 5) is 2.17. The van der Waals surface area contributed by atoms with E-state index in [0.29, 0.717) is 5.84 Å². The summed E-state index contributed by atoms with van der Waals surface area (Å²) in [7, 11) is 4.14. The van der Waals surface area contributed by atoms with Crippen molar-refractivity contribution in [2.75, 3.05) is 33.7 Å². The van der Waals surface area contributed by atoms with Crippen molar-refractivity contribution in [1.82, 2.24) is 10.2 Å². The summed E-state index contributed by atoms with van der Waals surface area (Å²) in [5.74, 6) is 0.294. The first-order valence-corrected chi connectivity index (χ1v) is 5.73. The van der Waals surface area contributed by atoms with Crippen molar-refractivity contribution in [3.63, 3.8) is 0 Å². The van der Waals surface area contributed by atoms with E-state index in [9.17, 15) is 0 Å². The molecular weight excluding hydrogens is 204 g/mol. The molecule has 0 aromatic carbocycles. The quantitative estimate of drug-likeness (QED) is 0.189. The van der Waals surface area contributed by atoms with E-state index in [1.807, 2.05) is 13.8 Å². The zero-order valence-corrected chi connectivity index (χ0v) is 11.0. The van der Waals surface area contributed by atoms with Crippen LogP contribution in [-0.2, 0) is 0 Å². The van der Waals surface area contributed by atoms with E-state index < -0.39 is 0 Å². The molecule has 5 nitrogen and oxygen atoms in total. The Labute approximate surface area is 98.7 Å². The highest BCUT2D eigenvalue weighted by molar-refractivity contribution is 5.85. The fourth-order valence-electron chi connectivity index (χ4n) is 1.31. The summed E-state index contributed by atoms with van der Waals surface area (Å²) in [6, 6.07) is 0. The lowest BCUT2D eigenvalue weighted by Gasteiger charge is -2.22. The molecule has 0 aliphatic heterocycles. The molecule has 0 atom stereocenters. The SMILES string of the molecule is CN(C)CCCNCCC(C)(C)C(N)=NO. The molecule has 0 saturated carbocycles. The van der Waals surface area contributed by atoms with Gasteiger partial charge in [-0.2, -0.15) is 0 Å². The lowest BCUT2D eigenvalue weighted by molar-refractivity contribution is 0.304. The summed E-state index contributed by atoms with van der Waals surface area (Å²) in [6.07, 6.45) is 2.00. The largest absolute Gasteiger partial charge is 0.409 e. The molecule has 0 aliphatic carbocycles. The van der Waals surface area contributed by atoms with E-state index >= 15 is 0 Å². The van der Waals surface area contributed by atoms with E-state index in [-0.39, 0.29) is 5.41 Å². The van der Waals surface area contributed by atoms with Gasteiger partial charge in [-0.1, -0.05) is 19.0 Å². The number of amidine groups is 1. The Bertz CT molecular complexity index is 214. The number of rotatable bonds is 8. The van der Waals surface area contributed by atoms with Crippen LogP contribution in [0.15, 0.2) is 5.16 Å². The van der Waals surface area contributed by atoms with Gasteiger partial charge in [0, 0.05) is 5.41 Å². The van der Waals surface area contributed by atoms with Crippen LogP contribution in [0.25, 0.3) is 0 Å². The molecule has 0 heterocycles. The highest BCUT2D eigenvalue weighted by Crippen LogP contribution is 2.19. The maximum Gasteiger partial charge on any atom is 0.144 e. The normalized spacial score (nSPS) is 13.4. The van der Waals surface area contributed by atoms with Crippen LogP contribution in [0.1, 0.15) is 26.7 Å². The van der Waals surface area contributed by atoms with Gasteiger partial charge in [0.05, 0.1) is 0 Å². The molecule has 0 saturated heterocycles. The highest BCUT2D eigenvalue weighted by Gasteiger charge is 2.22. The molecule has 4 N–H and O–H groups in total. The topological polar surface area (TPSA) is 73.9 Å². The molecule has 0 rings (SSSR count). The van der Waals surface area contributed by atoms with Gasteiger partial charge in [-0.3, -0.25) is 0 Å². The van der Waals surface area contributed by atoms with E-state index in [2.05, 4.69) is 29.5 Å². The van der Waals surface area contributed by atoms with Crippen LogP contribution in [0.5, 0.6) is 0 Å². The van der Waals surface area contributed by atoms with Gasteiger partial charge in [-0.15, -0.1) is 0 Å². The van der Waals surface area contributed by atoms with Crippen LogP contribution < -0.4 is 11.1 Å². The number of nitrogens with zero attached hydrogens (tertiary/aromatic N) is 2. The predicted molar refractivity (Wildman–Crippen MR) is 67.8 cm³/mol. The predicted octanol–water partition coefficient (Wildman–Crippen LogP) is 0.690. The second-order valence-electron chi connectivity index (χ2n) is 5.03. The molecule has 5 heteroatoms. The summed E-state index contributed by atoms with van der Waals surface area (Å²) in [5.41, 5.74) is 5.35. The minimum absolute atomic E-state index is 0.247. The molecule has 96 valence electrons. The van der Waals surface area contributed by atoms with Crippen LogP contribution in [-0.4, -0.2) is 49.7 Å². The molecule has 0 unspecified atom stereocenters. The first-order valence-electron chi connectivity index (χ1n) is 5.73. The number of hydrogen-bond donors (Lipinski definition) is 3. The van der Waals surface area contributed by atoms with Crippen LogP contribution in [0.3, 0.4) is 0 Å². The molecule has 16 heavy (non-hydrogen) atoms. The Morgan fingerprint density at radius 1 is 1.38 bits per heavy atom. The van der Waals surface area contributed by atoms with Crippen LogP contribution in [0.2, 0.25) is 0 Å². The second kappa shape index (κ2) is 7.46. The van der Waals surface area contributed by atoms with Crippen molar-refractivity contribution in [2.24, 2.45) is 16.3 Å². The van der Waals surface area contributed by atoms with Crippen molar-refractivity contribution in [1.29, 1.82) is 0 Å². The molecule has 0 radical (unpaired) electrons. The molecule has 0 bridgehead atoms. The number of oxime groups is 1. The number of hydrogen-bond acceptors (Lipinski definition) is 4. The van der Waals surface area contributed by atoms with Gasteiger partial charge in [0.1, 0.15) is 5.84 Å². The summed E-state index contributed by atoms with van der Waals surface area (Å²) in [5, 5.41) is 15.0. The minimum Gasteiger partial charge on any atom is -0.409 e. The monoisotopic (exact) mass is 230 g/mol. The van der Waals surface area contributed by atoms with Crippen LogP contribution in [0.4, 0.5) is 0 Å². The van der Waals surface area contributed by atoms with Gasteiger partial charge in [0.15, 0.2) is 0 Å². The highest BCUT2D eigenvalue weighted by atomic mass is 16.4. The average Bonchev–Trinajstić information content (AvgIpc) is 2.21. The minimum atomic E-state index is -0.247. The molecule has 0 spiro atoms. The molecule has 0 fully saturated rings. The Hall–Kier alpha value is -0.810. The number of nitrogens with two attached hydrogens (primary N) is 1. The van der Waals surface area contributed by atoms with E-state index in [1.54, 1.807) is 0 Å². The molecule has 0 amide bonds. The molecular formula is C11H26N4O. The third kappa shape index (κ3) is 6.63. The maximum absolute atomic E-state index is 8.61. The van der Waals surface area contributed by atoms with Crippen LogP contribution in [0, 0.1) is 5.41 Å². The van der Waals surface area contributed by atoms with Gasteiger partial charge >= 0.3 is 0 Å². The van der Waals surface area contributed by atoms with Gasteiger partial charge in [-0.05, 0) is 46.6 Å². The Morgan fingerprint density at radius 3 is 2.50 bits per heavy atom. The third-order valence-electron chi connectivity index (χ3n) is 2.69. The smallest absolute Gasteiger partial charge is 0.144 e. The van der Waals surface area contributed by atoms with Crippen molar-refractivity contribution >= 4 is 5.84 Å². The Kier molecular flexibility index (Phi) is 7.08. The zero-order valence-electron chi connectivity index (χ0n) is 11.0. The summed E-state index contributed by atoms with van der Waals surface area (Å²) in [6.45, 7) is 6.94. The van der Waals surface area contributed by atoms with E-state index in [1.165, 1.54) is 0 Å². The molecule has 0 aromatic rings. The zero-order chi connectivity index (χ0) is 12.6. The number of nitrogens with one attached hydrogen (secondary N) is 1. The van der Waals surface area contributed by atoms with E-state index in [0.717, 1.165) is 32.5 Å². The fraction of sp³-hybridized carbons (Fsp3) is 0.909. The average molecular weight is 230 g/mol. The molecule has 0 aromatic heterocycles. The van der Waals surface area contributed by atoms with Gasteiger partial charge < -0.3 is 21.2 Å². The fourth-order valence-corrected chi connectivity index (χ4v) is 1.31. The Morgan fingerprint density at radius 2 is 2.00 bits per heavy atom. The standard InChI is InChI=1S/C11H26N4O/c1-11(2,10(12)14-16)6-8-13-7-5-9-15(3)4/h13,16H,5-9H2,1-4H3,(H2,12,14). The van der Waals surface area contributed by atoms with Crippen LogP contribution >= 0.6 is 0 Å². The lowest BCUT2D eigenvalue weighted by Crippen LogP contribution is -2.35. The van der Waals surface area contributed by atoms with E-state index in [4.69, 9.17) is 10.9 Å². The molecule has 0 aliphatic rings. The third-order valence-corrected chi connectivity index (χ3v) is 2.69. The summed E-state index contributed by atoms with van der Waals surface area (Å²) >= 11 is 0. The van der Waals surface area contributed by atoms with Crippen molar-refractivity contribution in [3.05, 3.63) is 0 Å². The van der Waals surface area contributed by atoms with Gasteiger partial charge in [0.2, 0.25) is 0 Å².